The summed E-state index contributed by atoms with van der Waals surface area (Å²) < 4.78 is 21.6. The van der Waals surface area contributed by atoms with Crippen LogP contribution >= 0.6 is 0 Å². The zero-order valence-electron chi connectivity index (χ0n) is 33.3. The summed E-state index contributed by atoms with van der Waals surface area (Å²) in [7, 11) is 1.55. The van der Waals surface area contributed by atoms with Crippen molar-refractivity contribution >= 4 is 30.0 Å². The maximum atomic E-state index is 13.7. The molecule has 2 aliphatic heterocycles. The second-order valence-electron chi connectivity index (χ2n) is 16.3. The van der Waals surface area contributed by atoms with E-state index in [2.05, 4.69) is 10.6 Å². The highest BCUT2D eigenvalue weighted by Gasteiger charge is 2.31. The van der Waals surface area contributed by atoms with Gasteiger partial charge in [0.05, 0.1) is 32.7 Å². The molecule has 3 rings (SSSR count). The monoisotopic (exact) mass is 744 g/mol. The van der Waals surface area contributed by atoms with Gasteiger partial charge >= 0.3 is 18.2 Å². The van der Waals surface area contributed by atoms with Crippen molar-refractivity contribution in [3.63, 3.8) is 0 Å². The summed E-state index contributed by atoms with van der Waals surface area (Å²) in [4.78, 5) is 68.0. The highest BCUT2D eigenvalue weighted by atomic mass is 16.6. The van der Waals surface area contributed by atoms with E-state index in [-0.39, 0.29) is 43.6 Å². The fraction of sp³-hybridized carbons (Fsp3) is 0.725. The van der Waals surface area contributed by atoms with Crippen LogP contribution in [0.5, 0.6) is 5.75 Å². The smallest absolute Gasteiger partial charge is 0.410 e. The van der Waals surface area contributed by atoms with Crippen LogP contribution < -0.4 is 15.4 Å². The number of carbonyl (C=O) groups is 5. The molecule has 13 nitrogen and oxygen atoms in total. The van der Waals surface area contributed by atoms with Crippen LogP contribution in [0.15, 0.2) is 24.3 Å². The maximum absolute atomic E-state index is 13.7. The summed E-state index contributed by atoms with van der Waals surface area (Å²) in [6.07, 6.45) is 5.70. The van der Waals surface area contributed by atoms with Crippen molar-refractivity contribution in [1.82, 2.24) is 20.4 Å². The summed E-state index contributed by atoms with van der Waals surface area (Å²) in [5, 5.41) is 5.77. The van der Waals surface area contributed by atoms with E-state index in [9.17, 15) is 24.0 Å². The SMILES string of the molecule is CCOC(=O)CC(NC(=O)CNC(=O)C(CCC1CCN(C(=O)OC(C)(C)C)CC1)CCC1CCN(C(=O)OC(C)(C)C)CC1)c1cccc(OC)c1. The van der Waals surface area contributed by atoms with E-state index in [0.29, 0.717) is 62.2 Å². The molecule has 0 saturated carbocycles. The van der Waals surface area contributed by atoms with E-state index in [1.807, 2.05) is 41.5 Å². The largest absolute Gasteiger partial charge is 0.497 e. The Kier molecular flexibility index (Phi) is 16.7. The Labute approximate surface area is 316 Å². The van der Waals surface area contributed by atoms with Gasteiger partial charge < -0.3 is 39.4 Å². The number of amides is 4. The molecule has 0 spiro atoms. The quantitative estimate of drug-likeness (QED) is 0.154. The highest BCUT2D eigenvalue weighted by Crippen LogP contribution is 2.30. The van der Waals surface area contributed by atoms with E-state index in [1.54, 1.807) is 48.1 Å². The Morgan fingerprint density at radius 2 is 1.32 bits per heavy atom. The second-order valence-corrected chi connectivity index (χ2v) is 16.3. The van der Waals surface area contributed by atoms with Gasteiger partial charge in [0, 0.05) is 32.1 Å². The molecule has 2 saturated heterocycles. The molecule has 0 aromatic heterocycles. The molecule has 0 bridgehead atoms. The Balaban J connectivity index is 1.60. The van der Waals surface area contributed by atoms with Crippen LogP contribution in [0.25, 0.3) is 0 Å². The zero-order chi connectivity index (χ0) is 39.2. The summed E-state index contributed by atoms with van der Waals surface area (Å²) in [6.45, 7) is 15.3. The Morgan fingerprint density at radius 3 is 1.77 bits per heavy atom. The van der Waals surface area contributed by atoms with Crippen molar-refractivity contribution in [2.45, 2.75) is 123 Å². The zero-order valence-corrected chi connectivity index (χ0v) is 33.3. The Hall–Kier alpha value is -4.03. The van der Waals surface area contributed by atoms with Gasteiger partial charge in [0.1, 0.15) is 17.0 Å². The standard InChI is InChI=1S/C40H64N4O9/c1-9-51-35(46)26-33(31-11-10-12-32(25-31)50-8)42-34(45)27-41-36(47)30(15-13-28-17-21-43(22-18-28)37(48)52-39(2,3)4)16-14-29-19-23-44(24-20-29)38(49)53-40(5,6)7/h10-12,25,28-30,33H,9,13-24,26-27H2,1-8H3,(H,41,47)(H,42,45). The third-order valence-corrected chi connectivity index (χ3v) is 9.68. The normalized spacial score (nSPS) is 16.5. The summed E-state index contributed by atoms with van der Waals surface area (Å²) in [5.41, 5.74) is -0.408. The molecule has 0 radical (unpaired) electrons. The van der Waals surface area contributed by atoms with Gasteiger partial charge in [-0.25, -0.2) is 9.59 Å². The maximum Gasteiger partial charge on any atom is 0.410 e. The van der Waals surface area contributed by atoms with Crippen molar-refractivity contribution < 1.29 is 42.9 Å². The fourth-order valence-electron chi connectivity index (χ4n) is 6.80. The average Bonchev–Trinajstić information content (AvgIpc) is 3.09. The lowest BCUT2D eigenvalue weighted by atomic mass is 9.84. The van der Waals surface area contributed by atoms with E-state index in [0.717, 1.165) is 38.5 Å². The minimum absolute atomic E-state index is 0.0667. The number of esters is 1. The molecule has 2 N–H and O–H groups in total. The minimum Gasteiger partial charge on any atom is -0.497 e. The van der Waals surface area contributed by atoms with Gasteiger partial charge in [-0.05, 0) is 129 Å². The third kappa shape index (κ3) is 15.9. The lowest BCUT2D eigenvalue weighted by molar-refractivity contribution is -0.144. The van der Waals surface area contributed by atoms with Crippen LogP contribution in [0.1, 0.15) is 118 Å². The number of hydrogen-bond acceptors (Lipinski definition) is 9. The number of likely N-dealkylation sites (tertiary alicyclic amines) is 2. The molecule has 2 aliphatic rings. The molecule has 1 unspecified atom stereocenters. The van der Waals surface area contributed by atoms with E-state index in [4.69, 9.17) is 18.9 Å². The molecule has 4 amide bonds. The van der Waals surface area contributed by atoms with Crippen LogP contribution in [0.4, 0.5) is 9.59 Å². The third-order valence-electron chi connectivity index (χ3n) is 9.68. The molecule has 1 aromatic rings. The van der Waals surface area contributed by atoms with Gasteiger partial charge in [0.25, 0.3) is 0 Å². The van der Waals surface area contributed by atoms with E-state index >= 15 is 0 Å². The van der Waals surface area contributed by atoms with Crippen molar-refractivity contribution in [2.75, 3.05) is 46.4 Å². The van der Waals surface area contributed by atoms with Crippen molar-refractivity contribution in [2.24, 2.45) is 17.8 Å². The average molecular weight is 745 g/mol. The molecule has 13 heteroatoms. The van der Waals surface area contributed by atoms with Gasteiger partial charge in [-0.15, -0.1) is 0 Å². The number of nitrogens with one attached hydrogen (secondary N) is 2. The van der Waals surface area contributed by atoms with Crippen LogP contribution in [0, 0.1) is 17.8 Å². The summed E-state index contributed by atoms with van der Waals surface area (Å²) in [5.74, 6) is -0.0125. The van der Waals surface area contributed by atoms with Crippen LogP contribution in [-0.2, 0) is 28.6 Å². The topological polar surface area (TPSA) is 153 Å². The lowest BCUT2D eigenvalue weighted by Crippen LogP contribution is -2.43. The van der Waals surface area contributed by atoms with Gasteiger partial charge in [-0.1, -0.05) is 12.1 Å². The number of piperidine rings is 2. The lowest BCUT2D eigenvalue weighted by Gasteiger charge is -2.34. The highest BCUT2D eigenvalue weighted by molar-refractivity contribution is 5.86. The number of nitrogens with zero attached hydrogens (tertiary/aromatic N) is 2. The first kappa shape index (κ1) is 43.4. The van der Waals surface area contributed by atoms with Gasteiger partial charge in [-0.2, -0.15) is 0 Å². The summed E-state index contributed by atoms with van der Waals surface area (Å²) in [6, 6.07) is 6.46. The van der Waals surface area contributed by atoms with Crippen molar-refractivity contribution in [3.8, 4) is 5.75 Å². The second kappa shape index (κ2) is 20.4. The molecule has 1 atom stereocenters. The van der Waals surface area contributed by atoms with Crippen LogP contribution in [-0.4, -0.2) is 97.4 Å². The molecule has 2 heterocycles. The predicted octanol–water partition coefficient (Wildman–Crippen LogP) is 6.39. The number of carbonyl (C=O) groups excluding carboxylic acids is 5. The Bertz CT molecular complexity index is 1300. The molecule has 1 aromatic carbocycles. The number of methoxy groups -OCH3 is 1. The first-order valence-corrected chi connectivity index (χ1v) is 19.3. The minimum atomic E-state index is -0.664. The Morgan fingerprint density at radius 1 is 0.811 bits per heavy atom. The number of hydrogen-bond donors (Lipinski definition) is 2. The van der Waals surface area contributed by atoms with Gasteiger partial charge in [0.2, 0.25) is 11.8 Å². The molecular weight excluding hydrogens is 680 g/mol. The number of rotatable bonds is 15. The van der Waals surface area contributed by atoms with Crippen molar-refractivity contribution in [3.05, 3.63) is 29.8 Å². The first-order chi connectivity index (χ1) is 25.0. The molecule has 53 heavy (non-hydrogen) atoms. The molecular formula is C40H64N4O9. The van der Waals surface area contributed by atoms with Crippen LogP contribution in [0.2, 0.25) is 0 Å². The number of ether oxygens (including phenoxy) is 4. The molecule has 0 aliphatic carbocycles. The van der Waals surface area contributed by atoms with Gasteiger partial charge in [0.15, 0.2) is 0 Å². The van der Waals surface area contributed by atoms with Crippen LogP contribution in [0.3, 0.4) is 0 Å². The fourth-order valence-corrected chi connectivity index (χ4v) is 6.80. The van der Waals surface area contributed by atoms with E-state index in [1.165, 1.54) is 0 Å². The molecule has 2 fully saturated rings. The van der Waals surface area contributed by atoms with Gasteiger partial charge in [-0.3, -0.25) is 14.4 Å². The number of benzene rings is 1. The molecule has 298 valence electrons. The predicted molar refractivity (Wildman–Crippen MR) is 201 cm³/mol. The summed E-state index contributed by atoms with van der Waals surface area (Å²) >= 11 is 0. The van der Waals surface area contributed by atoms with E-state index < -0.39 is 29.1 Å². The first-order valence-electron chi connectivity index (χ1n) is 19.3. The van der Waals surface area contributed by atoms with Crippen molar-refractivity contribution in [1.29, 1.82) is 0 Å².